The van der Waals surface area contributed by atoms with Gasteiger partial charge in [0.05, 0.1) is 11.0 Å². The fourth-order valence-corrected chi connectivity index (χ4v) is 1.84. The van der Waals surface area contributed by atoms with Crippen LogP contribution >= 0.6 is 0 Å². The second-order valence-electron chi connectivity index (χ2n) is 3.69. The average molecular weight is 239 g/mol. The van der Waals surface area contributed by atoms with Crippen LogP contribution in [0.2, 0.25) is 0 Å². The van der Waals surface area contributed by atoms with E-state index in [1.54, 1.807) is 41.4 Å². The SMILES string of the molecule is NC(=O)c1cc2ncccc2n1-c1ncccn1. The van der Waals surface area contributed by atoms with Gasteiger partial charge in [0.15, 0.2) is 0 Å². The summed E-state index contributed by atoms with van der Waals surface area (Å²) in [6, 6.07) is 6.96. The van der Waals surface area contributed by atoms with Crippen molar-refractivity contribution in [1.29, 1.82) is 0 Å². The molecular weight excluding hydrogens is 230 g/mol. The summed E-state index contributed by atoms with van der Waals surface area (Å²) in [5.41, 5.74) is 7.11. The number of primary amides is 1. The van der Waals surface area contributed by atoms with Crippen LogP contribution in [0.4, 0.5) is 0 Å². The van der Waals surface area contributed by atoms with E-state index in [0.29, 0.717) is 17.2 Å². The molecule has 3 aromatic rings. The number of fused-ring (bicyclic) bond motifs is 1. The molecule has 0 radical (unpaired) electrons. The van der Waals surface area contributed by atoms with E-state index in [0.717, 1.165) is 5.52 Å². The Morgan fingerprint density at radius 2 is 1.83 bits per heavy atom. The van der Waals surface area contributed by atoms with Gasteiger partial charge in [0.1, 0.15) is 5.69 Å². The van der Waals surface area contributed by atoms with Crippen LogP contribution in [0.5, 0.6) is 0 Å². The fourth-order valence-electron chi connectivity index (χ4n) is 1.84. The fraction of sp³-hybridized carbons (Fsp3) is 0. The van der Waals surface area contributed by atoms with E-state index >= 15 is 0 Å². The Morgan fingerprint density at radius 3 is 2.56 bits per heavy atom. The average Bonchev–Trinajstić information content (AvgIpc) is 2.79. The lowest BCUT2D eigenvalue weighted by Crippen LogP contribution is -2.17. The molecular formula is C12H9N5O. The highest BCUT2D eigenvalue weighted by Crippen LogP contribution is 2.20. The molecule has 2 N–H and O–H groups in total. The number of pyridine rings is 1. The number of carbonyl (C=O) groups excluding carboxylic acids is 1. The molecule has 3 rings (SSSR count). The Hall–Kier alpha value is -2.76. The van der Waals surface area contributed by atoms with Crippen LogP contribution in [-0.4, -0.2) is 25.4 Å². The molecule has 18 heavy (non-hydrogen) atoms. The number of hydrogen-bond acceptors (Lipinski definition) is 4. The molecule has 0 saturated carbocycles. The van der Waals surface area contributed by atoms with Crippen molar-refractivity contribution in [2.45, 2.75) is 0 Å². The highest BCUT2D eigenvalue weighted by Gasteiger charge is 2.16. The van der Waals surface area contributed by atoms with E-state index < -0.39 is 5.91 Å². The Kier molecular flexibility index (Phi) is 2.26. The molecule has 1 amide bonds. The van der Waals surface area contributed by atoms with Gasteiger partial charge in [0.25, 0.3) is 5.91 Å². The van der Waals surface area contributed by atoms with E-state index in [-0.39, 0.29) is 0 Å². The van der Waals surface area contributed by atoms with Crippen molar-refractivity contribution in [2.24, 2.45) is 5.73 Å². The molecule has 0 spiro atoms. The minimum absolute atomic E-state index is 0.315. The molecule has 6 nitrogen and oxygen atoms in total. The van der Waals surface area contributed by atoms with Crippen LogP contribution in [0.25, 0.3) is 17.0 Å². The predicted molar refractivity (Wildman–Crippen MR) is 65.2 cm³/mol. The summed E-state index contributed by atoms with van der Waals surface area (Å²) in [4.78, 5) is 23.9. The van der Waals surface area contributed by atoms with Crippen LogP contribution in [0.15, 0.2) is 42.9 Å². The zero-order valence-electron chi connectivity index (χ0n) is 9.32. The third kappa shape index (κ3) is 1.51. The van der Waals surface area contributed by atoms with Gasteiger partial charge in [-0.1, -0.05) is 0 Å². The molecule has 0 fully saturated rings. The first kappa shape index (κ1) is 10.4. The first-order valence-electron chi connectivity index (χ1n) is 5.31. The predicted octanol–water partition coefficient (Wildman–Crippen LogP) is 0.914. The highest BCUT2D eigenvalue weighted by atomic mass is 16.1. The highest BCUT2D eigenvalue weighted by molar-refractivity contribution is 5.97. The lowest BCUT2D eigenvalue weighted by atomic mass is 10.4. The zero-order valence-corrected chi connectivity index (χ0v) is 9.32. The lowest BCUT2D eigenvalue weighted by Gasteiger charge is -2.05. The zero-order chi connectivity index (χ0) is 12.5. The summed E-state index contributed by atoms with van der Waals surface area (Å²) >= 11 is 0. The van der Waals surface area contributed by atoms with Crippen LogP contribution in [-0.2, 0) is 0 Å². The van der Waals surface area contributed by atoms with Crippen molar-refractivity contribution in [1.82, 2.24) is 19.5 Å². The minimum atomic E-state index is -0.541. The van der Waals surface area contributed by atoms with Crippen molar-refractivity contribution in [3.05, 3.63) is 48.5 Å². The Labute approximate surface area is 102 Å². The number of nitrogens with zero attached hydrogens (tertiary/aromatic N) is 4. The van der Waals surface area contributed by atoms with E-state index in [4.69, 9.17) is 5.73 Å². The Bertz CT molecular complexity index is 720. The van der Waals surface area contributed by atoms with E-state index in [1.165, 1.54) is 0 Å². The third-order valence-electron chi connectivity index (χ3n) is 2.58. The second kappa shape index (κ2) is 3.92. The molecule has 0 bridgehead atoms. The van der Waals surface area contributed by atoms with Crippen molar-refractivity contribution >= 4 is 16.9 Å². The maximum atomic E-state index is 11.5. The molecule has 0 unspecified atom stereocenters. The standard InChI is InChI=1S/C12H9N5O/c13-11(18)10-7-8-9(3-1-4-14-8)17(10)12-15-5-2-6-16-12/h1-7H,(H2,13,18). The summed E-state index contributed by atoms with van der Waals surface area (Å²) in [5, 5.41) is 0. The first-order chi connectivity index (χ1) is 8.77. The van der Waals surface area contributed by atoms with Crippen molar-refractivity contribution in [3.63, 3.8) is 0 Å². The first-order valence-corrected chi connectivity index (χ1v) is 5.31. The monoisotopic (exact) mass is 239 g/mol. The van der Waals surface area contributed by atoms with Gasteiger partial charge in [0, 0.05) is 18.6 Å². The number of nitrogens with two attached hydrogens (primary N) is 1. The molecule has 0 aliphatic rings. The van der Waals surface area contributed by atoms with Crippen LogP contribution < -0.4 is 5.73 Å². The van der Waals surface area contributed by atoms with Gasteiger partial charge < -0.3 is 5.73 Å². The maximum absolute atomic E-state index is 11.5. The van der Waals surface area contributed by atoms with E-state index in [1.807, 2.05) is 6.07 Å². The number of carbonyl (C=O) groups is 1. The lowest BCUT2D eigenvalue weighted by molar-refractivity contribution is 0.0994. The molecule has 6 heteroatoms. The van der Waals surface area contributed by atoms with Crippen molar-refractivity contribution in [3.8, 4) is 5.95 Å². The Morgan fingerprint density at radius 1 is 1.11 bits per heavy atom. The van der Waals surface area contributed by atoms with Crippen molar-refractivity contribution in [2.75, 3.05) is 0 Å². The van der Waals surface area contributed by atoms with Gasteiger partial charge in [-0.15, -0.1) is 0 Å². The second-order valence-corrected chi connectivity index (χ2v) is 3.69. The van der Waals surface area contributed by atoms with Gasteiger partial charge in [-0.2, -0.15) is 0 Å². The quantitative estimate of drug-likeness (QED) is 0.720. The number of hydrogen-bond donors (Lipinski definition) is 1. The van der Waals surface area contributed by atoms with Gasteiger partial charge >= 0.3 is 0 Å². The number of rotatable bonds is 2. The van der Waals surface area contributed by atoms with Gasteiger partial charge in [-0.3, -0.25) is 14.3 Å². The number of aromatic nitrogens is 4. The molecule has 0 aromatic carbocycles. The van der Waals surface area contributed by atoms with Gasteiger partial charge in [-0.05, 0) is 24.3 Å². The largest absolute Gasteiger partial charge is 0.364 e. The molecule has 0 aliphatic heterocycles. The van der Waals surface area contributed by atoms with Gasteiger partial charge in [0.2, 0.25) is 5.95 Å². The maximum Gasteiger partial charge on any atom is 0.265 e. The summed E-state index contributed by atoms with van der Waals surface area (Å²) in [6.07, 6.45) is 4.87. The normalized spacial score (nSPS) is 10.7. The number of amides is 1. The molecule has 3 heterocycles. The van der Waals surface area contributed by atoms with Crippen LogP contribution in [0.3, 0.4) is 0 Å². The van der Waals surface area contributed by atoms with E-state index in [9.17, 15) is 4.79 Å². The summed E-state index contributed by atoms with van der Waals surface area (Å²) in [7, 11) is 0. The van der Waals surface area contributed by atoms with Gasteiger partial charge in [-0.25, -0.2) is 9.97 Å². The third-order valence-corrected chi connectivity index (χ3v) is 2.58. The minimum Gasteiger partial charge on any atom is -0.364 e. The summed E-state index contributed by atoms with van der Waals surface area (Å²) < 4.78 is 1.60. The van der Waals surface area contributed by atoms with Crippen LogP contribution in [0, 0.1) is 0 Å². The summed E-state index contributed by atoms with van der Waals surface area (Å²) in [6.45, 7) is 0. The molecule has 88 valence electrons. The Balaban J connectivity index is 2.38. The topological polar surface area (TPSA) is 86.7 Å². The van der Waals surface area contributed by atoms with Crippen LogP contribution in [0.1, 0.15) is 10.5 Å². The summed E-state index contributed by atoms with van der Waals surface area (Å²) in [5.74, 6) is -0.144. The smallest absolute Gasteiger partial charge is 0.265 e. The molecule has 0 saturated heterocycles. The molecule has 0 aliphatic carbocycles. The molecule has 3 aromatic heterocycles. The molecule has 0 atom stereocenters. The van der Waals surface area contributed by atoms with E-state index in [2.05, 4.69) is 15.0 Å². The van der Waals surface area contributed by atoms with Crippen molar-refractivity contribution < 1.29 is 4.79 Å².